The topological polar surface area (TPSA) is 29.5 Å². The van der Waals surface area contributed by atoms with Crippen LogP contribution in [0.5, 0.6) is 0 Å². The minimum atomic E-state index is -0.625. The molecule has 1 N–H and O–H groups in total. The van der Waals surface area contributed by atoms with Gasteiger partial charge in [0.2, 0.25) is 0 Å². The zero-order valence-corrected chi connectivity index (χ0v) is 28.0. The van der Waals surface area contributed by atoms with Gasteiger partial charge in [-0.05, 0) is 134 Å². The highest BCUT2D eigenvalue weighted by Crippen LogP contribution is 2.68. The Labute approximate surface area is 273 Å². The molecule has 4 aliphatic carbocycles. The van der Waals surface area contributed by atoms with E-state index in [1.54, 1.807) is 0 Å². The van der Waals surface area contributed by atoms with Gasteiger partial charge in [-0.3, -0.25) is 0 Å². The molecule has 9 atom stereocenters. The van der Waals surface area contributed by atoms with Gasteiger partial charge in [-0.1, -0.05) is 112 Å². The van der Waals surface area contributed by atoms with Crippen LogP contribution in [0.2, 0.25) is 0 Å². The summed E-state index contributed by atoms with van der Waals surface area (Å²) >= 11 is 0. The molecule has 2 heteroatoms. The fourth-order valence-corrected chi connectivity index (χ4v) is 11.8. The van der Waals surface area contributed by atoms with Gasteiger partial charge in [-0.25, -0.2) is 0 Å². The summed E-state index contributed by atoms with van der Waals surface area (Å²) in [7, 11) is 0. The van der Waals surface area contributed by atoms with Crippen LogP contribution < -0.4 is 0 Å². The van der Waals surface area contributed by atoms with E-state index in [1.807, 2.05) is 0 Å². The summed E-state index contributed by atoms with van der Waals surface area (Å²) in [6.45, 7) is 8.62. The van der Waals surface area contributed by atoms with E-state index in [1.165, 1.54) is 68.1 Å². The molecule has 4 fully saturated rings. The SMILES string of the molecule is C[C@H](CCCOC(c1ccccc1)(c1ccccc1)c1ccccc1)[C@H]1CC[C@H]2[C@@H]3CCC4CC(O)CC[C@]4(C)[C@H]3CC[C@]12C. The van der Waals surface area contributed by atoms with Gasteiger partial charge < -0.3 is 9.84 Å². The number of hydrogen-bond acceptors (Lipinski definition) is 2. The Morgan fingerprint density at radius 3 is 1.87 bits per heavy atom. The summed E-state index contributed by atoms with van der Waals surface area (Å²) < 4.78 is 7.15. The lowest BCUT2D eigenvalue weighted by Crippen LogP contribution is -2.54. The van der Waals surface area contributed by atoms with Gasteiger partial charge in [0, 0.05) is 6.61 Å². The van der Waals surface area contributed by atoms with Crippen molar-refractivity contribution in [2.75, 3.05) is 6.61 Å². The highest BCUT2D eigenvalue weighted by Gasteiger charge is 2.60. The van der Waals surface area contributed by atoms with E-state index in [0.29, 0.717) is 10.8 Å². The molecule has 4 saturated carbocycles. The van der Waals surface area contributed by atoms with Gasteiger partial charge in [0.1, 0.15) is 5.60 Å². The first kappa shape index (κ1) is 31.2. The Kier molecular flexibility index (Phi) is 8.77. The fraction of sp³-hybridized carbons (Fsp3) is 0.581. The molecule has 0 saturated heterocycles. The van der Waals surface area contributed by atoms with E-state index in [-0.39, 0.29) is 6.10 Å². The molecule has 0 aromatic heterocycles. The van der Waals surface area contributed by atoms with Gasteiger partial charge in [0.15, 0.2) is 0 Å². The highest BCUT2D eigenvalue weighted by molar-refractivity contribution is 5.47. The van der Waals surface area contributed by atoms with E-state index in [9.17, 15) is 5.11 Å². The molecule has 2 nitrogen and oxygen atoms in total. The average Bonchev–Trinajstić information content (AvgIpc) is 3.44. The molecule has 0 amide bonds. The van der Waals surface area contributed by atoms with Crippen LogP contribution in [0.4, 0.5) is 0 Å². The molecule has 0 radical (unpaired) electrons. The molecular formula is C43H56O2. The van der Waals surface area contributed by atoms with E-state index < -0.39 is 5.60 Å². The maximum atomic E-state index is 10.4. The lowest BCUT2D eigenvalue weighted by Gasteiger charge is -2.61. The van der Waals surface area contributed by atoms with Gasteiger partial charge in [-0.2, -0.15) is 0 Å². The fourth-order valence-electron chi connectivity index (χ4n) is 11.8. The Hall–Kier alpha value is -2.42. The molecular weight excluding hydrogens is 548 g/mol. The first-order valence-electron chi connectivity index (χ1n) is 18.3. The van der Waals surface area contributed by atoms with E-state index in [2.05, 4.69) is 112 Å². The first-order valence-corrected chi connectivity index (χ1v) is 18.3. The third-order valence-corrected chi connectivity index (χ3v) is 14.1. The van der Waals surface area contributed by atoms with Crippen LogP contribution in [0.15, 0.2) is 91.0 Å². The second-order valence-electron chi connectivity index (χ2n) is 16.1. The van der Waals surface area contributed by atoms with E-state index in [0.717, 1.165) is 61.4 Å². The number of benzene rings is 3. The van der Waals surface area contributed by atoms with Crippen LogP contribution in [0.1, 0.15) is 108 Å². The van der Waals surface area contributed by atoms with Crippen LogP contribution in [0, 0.1) is 46.3 Å². The molecule has 2 unspecified atom stereocenters. The van der Waals surface area contributed by atoms with Crippen LogP contribution in [-0.4, -0.2) is 17.8 Å². The quantitative estimate of drug-likeness (QED) is 0.194. The second kappa shape index (κ2) is 12.6. The van der Waals surface area contributed by atoms with Crippen molar-refractivity contribution in [1.82, 2.24) is 0 Å². The Balaban J connectivity index is 1.05. The predicted molar refractivity (Wildman–Crippen MR) is 185 cm³/mol. The van der Waals surface area contributed by atoms with Crippen molar-refractivity contribution in [3.05, 3.63) is 108 Å². The number of aliphatic hydroxyl groups excluding tert-OH is 1. The number of ether oxygens (including phenoxy) is 1. The van der Waals surface area contributed by atoms with Gasteiger partial charge in [0.05, 0.1) is 6.10 Å². The van der Waals surface area contributed by atoms with E-state index in [4.69, 9.17) is 4.74 Å². The third kappa shape index (κ3) is 5.42. The van der Waals surface area contributed by atoms with Crippen LogP contribution in [0.25, 0.3) is 0 Å². The molecule has 0 aliphatic heterocycles. The number of rotatable bonds is 9. The number of aliphatic hydroxyl groups is 1. The zero-order chi connectivity index (χ0) is 31.1. The maximum Gasteiger partial charge on any atom is 0.143 e. The third-order valence-electron chi connectivity index (χ3n) is 14.1. The predicted octanol–water partition coefficient (Wildman–Crippen LogP) is 10.4. The maximum absolute atomic E-state index is 10.4. The largest absolute Gasteiger partial charge is 0.393 e. The van der Waals surface area contributed by atoms with Crippen LogP contribution >= 0.6 is 0 Å². The van der Waals surface area contributed by atoms with Crippen molar-refractivity contribution in [3.63, 3.8) is 0 Å². The minimum Gasteiger partial charge on any atom is -0.393 e. The van der Waals surface area contributed by atoms with Crippen molar-refractivity contribution in [3.8, 4) is 0 Å². The van der Waals surface area contributed by atoms with E-state index >= 15 is 0 Å². The molecule has 0 spiro atoms. The van der Waals surface area contributed by atoms with Gasteiger partial charge >= 0.3 is 0 Å². The summed E-state index contributed by atoms with van der Waals surface area (Å²) in [5, 5.41) is 10.4. The average molecular weight is 605 g/mol. The smallest absolute Gasteiger partial charge is 0.143 e. The number of hydrogen-bond donors (Lipinski definition) is 1. The molecule has 3 aromatic rings. The Morgan fingerprint density at radius 2 is 1.27 bits per heavy atom. The Bertz CT molecular complexity index is 1290. The van der Waals surface area contributed by atoms with Crippen LogP contribution in [0.3, 0.4) is 0 Å². The summed E-state index contributed by atoms with van der Waals surface area (Å²) in [6.07, 6.45) is 14.0. The summed E-state index contributed by atoms with van der Waals surface area (Å²) in [4.78, 5) is 0. The van der Waals surface area contributed by atoms with Crippen LogP contribution in [-0.2, 0) is 10.3 Å². The van der Waals surface area contributed by atoms with Crippen molar-refractivity contribution in [1.29, 1.82) is 0 Å². The summed E-state index contributed by atoms with van der Waals surface area (Å²) in [5.74, 6) is 4.97. The molecule has 7 rings (SSSR count). The second-order valence-corrected chi connectivity index (χ2v) is 16.1. The monoisotopic (exact) mass is 604 g/mol. The summed E-state index contributed by atoms with van der Waals surface area (Å²) in [5.41, 5.74) is 3.89. The minimum absolute atomic E-state index is 0.0487. The molecule has 3 aromatic carbocycles. The Morgan fingerprint density at radius 1 is 0.711 bits per heavy atom. The molecule has 0 bridgehead atoms. The lowest BCUT2D eigenvalue weighted by molar-refractivity contribution is -0.129. The molecule has 4 aliphatic rings. The highest BCUT2D eigenvalue weighted by atomic mass is 16.5. The molecule has 45 heavy (non-hydrogen) atoms. The molecule has 240 valence electrons. The van der Waals surface area contributed by atoms with Gasteiger partial charge in [-0.15, -0.1) is 0 Å². The van der Waals surface area contributed by atoms with Crippen molar-refractivity contribution >= 4 is 0 Å². The zero-order valence-electron chi connectivity index (χ0n) is 28.0. The summed E-state index contributed by atoms with van der Waals surface area (Å²) in [6, 6.07) is 32.5. The normalized spacial score (nSPS) is 35.2. The molecule has 0 heterocycles. The standard InChI is InChI=1S/C43H56O2/c1-31(38-23-24-39-37-22-21-35-30-36(44)25-27-41(35,2)40(37)26-28-42(38,39)3)14-13-29-45-43(32-15-7-4-8-16-32,33-17-9-5-10-18-33)34-19-11-6-12-20-34/h4-12,15-20,31,35-40,44H,13-14,21-30H2,1-3H3/t31-,35?,36?,37+,38-,39+,40+,41+,42-/m1/s1. The van der Waals surface area contributed by atoms with Crippen molar-refractivity contribution in [2.24, 2.45) is 46.3 Å². The van der Waals surface area contributed by atoms with Crippen molar-refractivity contribution < 1.29 is 9.84 Å². The first-order chi connectivity index (χ1) is 21.9. The number of fused-ring (bicyclic) bond motifs is 5. The van der Waals surface area contributed by atoms with Gasteiger partial charge in [0.25, 0.3) is 0 Å². The lowest BCUT2D eigenvalue weighted by atomic mass is 9.44. The van der Waals surface area contributed by atoms with Crippen molar-refractivity contribution in [2.45, 2.75) is 103 Å².